The molecule has 0 radical (unpaired) electrons. The Morgan fingerprint density at radius 3 is 2.47 bits per heavy atom. The maximum Gasteiger partial charge on any atom is 0.134 e. The van der Waals surface area contributed by atoms with Gasteiger partial charge in [0.15, 0.2) is 0 Å². The van der Waals surface area contributed by atoms with Crippen LogP contribution in [0.15, 0.2) is 0 Å². The van der Waals surface area contributed by atoms with Crippen LogP contribution in [0.4, 0.5) is 4.39 Å². The fourth-order valence-electron chi connectivity index (χ4n) is 2.37. The van der Waals surface area contributed by atoms with E-state index in [9.17, 15) is 4.39 Å². The first kappa shape index (κ1) is 16.9. The van der Waals surface area contributed by atoms with Gasteiger partial charge in [-0.25, -0.2) is 4.39 Å². The standard InChI is InChI=1S/C14H30FNO/c1-4-6-8-13(5-2)11-14(15,12-17-3)9-7-10-16/h13H,4-12,16H2,1-3H3. The molecule has 0 bridgehead atoms. The van der Waals surface area contributed by atoms with Gasteiger partial charge in [-0.15, -0.1) is 0 Å². The Hall–Kier alpha value is -0.150. The molecule has 0 aromatic rings. The average molecular weight is 247 g/mol. The van der Waals surface area contributed by atoms with Crippen molar-refractivity contribution in [2.75, 3.05) is 20.3 Å². The van der Waals surface area contributed by atoms with Gasteiger partial charge in [0.25, 0.3) is 0 Å². The molecule has 17 heavy (non-hydrogen) atoms. The zero-order chi connectivity index (χ0) is 13.1. The van der Waals surface area contributed by atoms with Crippen LogP contribution in [0.2, 0.25) is 0 Å². The Balaban J connectivity index is 4.26. The third kappa shape index (κ3) is 7.72. The van der Waals surface area contributed by atoms with Crippen molar-refractivity contribution in [3.05, 3.63) is 0 Å². The summed E-state index contributed by atoms with van der Waals surface area (Å²) in [5, 5.41) is 0. The molecule has 0 aliphatic carbocycles. The highest BCUT2D eigenvalue weighted by Crippen LogP contribution is 2.31. The van der Waals surface area contributed by atoms with Gasteiger partial charge < -0.3 is 10.5 Å². The monoisotopic (exact) mass is 247 g/mol. The van der Waals surface area contributed by atoms with Crippen LogP contribution < -0.4 is 5.73 Å². The number of rotatable bonds is 11. The van der Waals surface area contributed by atoms with E-state index in [1.165, 1.54) is 12.8 Å². The number of ether oxygens (including phenoxy) is 1. The molecule has 0 aliphatic heterocycles. The summed E-state index contributed by atoms with van der Waals surface area (Å²) >= 11 is 0. The molecule has 2 N–H and O–H groups in total. The molecule has 0 saturated heterocycles. The van der Waals surface area contributed by atoms with Gasteiger partial charge >= 0.3 is 0 Å². The summed E-state index contributed by atoms with van der Waals surface area (Å²) in [6.45, 7) is 5.09. The fourth-order valence-corrected chi connectivity index (χ4v) is 2.37. The number of hydrogen-bond acceptors (Lipinski definition) is 2. The number of methoxy groups -OCH3 is 1. The summed E-state index contributed by atoms with van der Waals surface area (Å²) < 4.78 is 19.7. The Morgan fingerprint density at radius 2 is 2.00 bits per heavy atom. The normalized spacial score (nSPS) is 16.8. The van der Waals surface area contributed by atoms with Gasteiger partial charge in [-0.1, -0.05) is 39.5 Å². The molecule has 2 nitrogen and oxygen atoms in total. The quantitative estimate of drug-likeness (QED) is 0.604. The summed E-state index contributed by atoms with van der Waals surface area (Å²) in [5.74, 6) is 0.480. The first-order chi connectivity index (χ1) is 8.11. The average Bonchev–Trinajstić information content (AvgIpc) is 2.32. The number of alkyl halides is 1. The lowest BCUT2D eigenvalue weighted by Crippen LogP contribution is -2.32. The van der Waals surface area contributed by atoms with E-state index in [4.69, 9.17) is 10.5 Å². The van der Waals surface area contributed by atoms with Crippen LogP contribution in [0.3, 0.4) is 0 Å². The molecular weight excluding hydrogens is 217 g/mol. The maximum absolute atomic E-state index is 14.7. The van der Waals surface area contributed by atoms with Crippen molar-refractivity contribution in [3.8, 4) is 0 Å². The predicted octanol–water partition coefficient (Wildman–Crippen LogP) is 3.69. The molecule has 0 amide bonds. The second-order valence-electron chi connectivity index (χ2n) is 5.10. The molecule has 3 heteroatoms. The van der Waals surface area contributed by atoms with Gasteiger partial charge in [0, 0.05) is 7.11 Å². The fraction of sp³-hybridized carbons (Fsp3) is 1.00. The SMILES string of the molecule is CCCCC(CC)CC(F)(CCCN)COC. The number of nitrogens with two attached hydrogens (primary N) is 1. The van der Waals surface area contributed by atoms with E-state index >= 15 is 0 Å². The van der Waals surface area contributed by atoms with Crippen molar-refractivity contribution < 1.29 is 9.13 Å². The van der Waals surface area contributed by atoms with Crippen molar-refractivity contribution in [2.45, 2.75) is 64.5 Å². The molecule has 0 fully saturated rings. The molecule has 0 aromatic heterocycles. The van der Waals surface area contributed by atoms with Gasteiger partial charge in [-0.3, -0.25) is 0 Å². The highest BCUT2D eigenvalue weighted by atomic mass is 19.1. The molecule has 0 heterocycles. The largest absolute Gasteiger partial charge is 0.381 e. The highest BCUT2D eigenvalue weighted by molar-refractivity contribution is 4.82. The lowest BCUT2D eigenvalue weighted by Gasteiger charge is -2.29. The number of halogens is 1. The van der Waals surface area contributed by atoms with Crippen molar-refractivity contribution in [1.82, 2.24) is 0 Å². The first-order valence-electron chi connectivity index (χ1n) is 6.99. The molecule has 2 atom stereocenters. The summed E-state index contributed by atoms with van der Waals surface area (Å²) in [6, 6.07) is 0. The minimum absolute atomic E-state index is 0.204. The molecule has 0 aromatic carbocycles. The molecule has 0 spiro atoms. The van der Waals surface area contributed by atoms with E-state index in [2.05, 4.69) is 13.8 Å². The van der Waals surface area contributed by atoms with Gasteiger partial charge in [0.05, 0.1) is 6.61 Å². The summed E-state index contributed by atoms with van der Waals surface area (Å²) in [4.78, 5) is 0. The zero-order valence-corrected chi connectivity index (χ0v) is 11.8. The molecular formula is C14H30FNO. The lowest BCUT2D eigenvalue weighted by atomic mass is 9.84. The minimum atomic E-state index is -1.18. The lowest BCUT2D eigenvalue weighted by molar-refractivity contribution is 0.0128. The maximum atomic E-state index is 14.7. The van der Waals surface area contributed by atoms with Crippen LogP contribution in [0.25, 0.3) is 0 Å². The summed E-state index contributed by atoms with van der Waals surface area (Å²) in [6.07, 6.45) is 6.45. The molecule has 104 valence electrons. The van der Waals surface area contributed by atoms with E-state index in [1.54, 1.807) is 7.11 Å². The van der Waals surface area contributed by atoms with E-state index in [-0.39, 0.29) is 6.61 Å². The van der Waals surface area contributed by atoms with Crippen molar-refractivity contribution >= 4 is 0 Å². The van der Waals surface area contributed by atoms with Crippen LogP contribution in [-0.4, -0.2) is 25.9 Å². The van der Waals surface area contributed by atoms with Gasteiger partial charge in [0.2, 0.25) is 0 Å². The summed E-state index contributed by atoms with van der Waals surface area (Å²) in [5.41, 5.74) is 4.29. The minimum Gasteiger partial charge on any atom is -0.381 e. The Morgan fingerprint density at radius 1 is 1.29 bits per heavy atom. The highest BCUT2D eigenvalue weighted by Gasteiger charge is 2.31. The smallest absolute Gasteiger partial charge is 0.134 e. The number of unbranched alkanes of at least 4 members (excludes halogenated alkanes) is 1. The first-order valence-corrected chi connectivity index (χ1v) is 6.99. The van der Waals surface area contributed by atoms with Crippen molar-refractivity contribution in [2.24, 2.45) is 11.7 Å². The van der Waals surface area contributed by atoms with E-state index in [1.807, 2.05) is 0 Å². The summed E-state index contributed by atoms with van der Waals surface area (Å²) in [7, 11) is 1.57. The van der Waals surface area contributed by atoms with Gasteiger partial charge in [0.1, 0.15) is 5.67 Å². The Kier molecular flexibility index (Phi) is 9.75. The van der Waals surface area contributed by atoms with E-state index in [0.29, 0.717) is 25.3 Å². The predicted molar refractivity (Wildman–Crippen MR) is 71.9 cm³/mol. The van der Waals surface area contributed by atoms with E-state index in [0.717, 1.165) is 19.3 Å². The topological polar surface area (TPSA) is 35.2 Å². The molecule has 0 aliphatic rings. The Labute approximate surface area is 106 Å². The van der Waals surface area contributed by atoms with Crippen molar-refractivity contribution in [3.63, 3.8) is 0 Å². The number of hydrogen-bond donors (Lipinski definition) is 1. The van der Waals surface area contributed by atoms with E-state index < -0.39 is 5.67 Å². The van der Waals surface area contributed by atoms with Crippen LogP contribution in [0, 0.1) is 5.92 Å². The Bertz CT molecular complexity index is 178. The van der Waals surface area contributed by atoms with Crippen LogP contribution in [-0.2, 0) is 4.74 Å². The van der Waals surface area contributed by atoms with Crippen LogP contribution in [0.1, 0.15) is 58.8 Å². The molecule has 0 rings (SSSR count). The van der Waals surface area contributed by atoms with Gasteiger partial charge in [-0.05, 0) is 31.7 Å². The molecule has 2 unspecified atom stereocenters. The third-order valence-electron chi connectivity index (χ3n) is 3.43. The second kappa shape index (κ2) is 9.84. The van der Waals surface area contributed by atoms with Crippen molar-refractivity contribution in [1.29, 1.82) is 0 Å². The molecule has 0 saturated carbocycles. The van der Waals surface area contributed by atoms with Crippen LogP contribution in [0.5, 0.6) is 0 Å². The zero-order valence-electron chi connectivity index (χ0n) is 11.8. The van der Waals surface area contributed by atoms with Crippen LogP contribution >= 0.6 is 0 Å². The second-order valence-corrected chi connectivity index (χ2v) is 5.10. The van der Waals surface area contributed by atoms with Gasteiger partial charge in [-0.2, -0.15) is 0 Å². The third-order valence-corrected chi connectivity index (χ3v) is 3.43.